The van der Waals surface area contributed by atoms with Gasteiger partial charge in [0.05, 0.1) is 35.9 Å². The number of nitrogens with zero attached hydrogens (tertiary/aromatic N) is 9. The molecule has 1 amide bonds. The molecule has 5 aromatic rings. The van der Waals surface area contributed by atoms with Crippen LogP contribution in [0.3, 0.4) is 0 Å². The first-order chi connectivity index (χ1) is 21.1. The summed E-state index contributed by atoms with van der Waals surface area (Å²) < 4.78 is 3.60. The van der Waals surface area contributed by atoms with E-state index in [0.29, 0.717) is 13.1 Å². The Bertz CT molecular complexity index is 1770. The predicted molar refractivity (Wildman–Crippen MR) is 166 cm³/mol. The summed E-state index contributed by atoms with van der Waals surface area (Å²) >= 11 is 0. The largest absolute Gasteiger partial charge is 0.353 e. The van der Waals surface area contributed by atoms with Crippen molar-refractivity contribution in [3.05, 3.63) is 84.6 Å². The third-order valence-corrected chi connectivity index (χ3v) is 8.49. The second-order valence-electron chi connectivity index (χ2n) is 11.2. The van der Waals surface area contributed by atoms with Gasteiger partial charge in [-0.15, -0.1) is 0 Å². The number of hydrogen-bond donors (Lipinski definition) is 1. The summed E-state index contributed by atoms with van der Waals surface area (Å²) in [5.41, 5.74) is 6.34. The van der Waals surface area contributed by atoms with Gasteiger partial charge < -0.3 is 15.1 Å². The Morgan fingerprint density at radius 1 is 0.953 bits per heavy atom. The van der Waals surface area contributed by atoms with Crippen molar-refractivity contribution < 1.29 is 4.79 Å². The molecule has 0 aliphatic carbocycles. The second-order valence-corrected chi connectivity index (χ2v) is 11.2. The van der Waals surface area contributed by atoms with E-state index in [4.69, 9.17) is 9.97 Å². The molecule has 6 heterocycles. The lowest BCUT2D eigenvalue weighted by atomic mass is 9.88. The van der Waals surface area contributed by atoms with Crippen molar-refractivity contribution in [1.82, 2.24) is 39.6 Å². The van der Waals surface area contributed by atoms with Crippen molar-refractivity contribution in [3.63, 3.8) is 0 Å². The molecule has 2 saturated heterocycles. The van der Waals surface area contributed by atoms with Gasteiger partial charge >= 0.3 is 0 Å². The summed E-state index contributed by atoms with van der Waals surface area (Å²) in [7, 11) is 3.63. The fourth-order valence-corrected chi connectivity index (χ4v) is 6.26. The lowest BCUT2D eigenvalue weighted by Crippen LogP contribution is -2.51. The van der Waals surface area contributed by atoms with Crippen LogP contribution in [0, 0.1) is 5.92 Å². The van der Waals surface area contributed by atoms with Gasteiger partial charge in [0, 0.05) is 94.6 Å². The minimum atomic E-state index is -0.0238. The number of carbonyl (C=O) groups excluding carboxylic acids is 1. The molecule has 11 nitrogen and oxygen atoms in total. The fraction of sp³-hybridized carbons (Fsp3) is 0.312. The highest BCUT2D eigenvalue weighted by Gasteiger charge is 2.37. The number of aromatic nitrogens is 6. The summed E-state index contributed by atoms with van der Waals surface area (Å²) in [6.45, 7) is 4.43. The Labute approximate surface area is 249 Å². The van der Waals surface area contributed by atoms with Gasteiger partial charge in [-0.1, -0.05) is 30.3 Å². The van der Waals surface area contributed by atoms with Crippen LogP contribution < -0.4 is 10.2 Å². The molecule has 1 N–H and O–H groups in total. The number of rotatable bonds is 6. The number of fused-ring (bicyclic) bond motifs is 1. The molecule has 2 atom stereocenters. The normalized spacial score (nSPS) is 19.1. The molecule has 0 radical (unpaired) electrons. The van der Waals surface area contributed by atoms with Gasteiger partial charge in [0.2, 0.25) is 5.91 Å². The van der Waals surface area contributed by atoms with Gasteiger partial charge in [-0.25, -0.2) is 14.5 Å². The summed E-state index contributed by atoms with van der Waals surface area (Å²) in [4.78, 5) is 31.9. The SMILES string of the molecule is C/N=C\c1cnn2cc(-c3cnn(C)c3)nc(-c3ccc(N4CCN(C(=O)[C@@H]5CNC[C@H]5c5ccccc5)CC4)nc3)c12. The van der Waals surface area contributed by atoms with Crippen LogP contribution in [0.5, 0.6) is 0 Å². The van der Waals surface area contributed by atoms with Crippen LogP contribution in [0.4, 0.5) is 5.82 Å². The lowest BCUT2D eigenvalue weighted by molar-refractivity contribution is -0.135. The number of benzene rings is 1. The van der Waals surface area contributed by atoms with Crippen LogP contribution >= 0.6 is 0 Å². The Morgan fingerprint density at radius 2 is 1.79 bits per heavy atom. The standard InChI is InChI=1S/C32H34N10O/c1-33-14-24-16-37-42-21-28(25-17-36-39(2)20-25)38-30(31(24)42)23-8-9-29(35-15-23)40-10-12-41(13-11-40)32(43)27-19-34-18-26(27)22-6-4-3-5-7-22/h3-9,14-17,20-21,26-27,34H,10-13,18-19H2,1-2H3/b33-14-/t26-,27+/m0/s1. The molecule has 0 unspecified atom stereocenters. The van der Waals surface area contributed by atoms with E-state index < -0.39 is 0 Å². The molecular weight excluding hydrogens is 540 g/mol. The maximum atomic E-state index is 13.5. The minimum absolute atomic E-state index is 0.0238. The molecule has 2 aliphatic rings. The molecular formula is C32H34N10O. The van der Waals surface area contributed by atoms with E-state index in [1.807, 2.05) is 47.2 Å². The first-order valence-corrected chi connectivity index (χ1v) is 14.6. The van der Waals surface area contributed by atoms with Gasteiger partial charge in [0.25, 0.3) is 0 Å². The highest BCUT2D eigenvalue weighted by atomic mass is 16.2. The first-order valence-electron chi connectivity index (χ1n) is 14.6. The number of aliphatic imine (C=N–C) groups is 1. The number of anilines is 1. The van der Waals surface area contributed by atoms with E-state index in [0.717, 1.165) is 65.6 Å². The summed E-state index contributed by atoms with van der Waals surface area (Å²) in [5.74, 6) is 1.34. The smallest absolute Gasteiger partial charge is 0.227 e. The van der Waals surface area contributed by atoms with E-state index in [1.165, 1.54) is 5.56 Å². The van der Waals surface area contributed by atoms with Crippen LogP contribution in [-0.4, -0.2) is 92.7 Å². The van der Waals surface area contributed by atoms with E-state index in [-0.39, 0.29) is 17.7 Å². The van der Waals surface area contributed by atoms with Gasteiger partial charge in [0.15, 0.2) is 0 Å². The molecule has 43 heavy (non-hydrogen) atoms. The average Bonchev–Trinajstić information content (AvgIpc) is 3.82. The Balaban J connectivity index is 1.09. The van der Waals surface area contributed by atoms with Crippen molar-refractivity contribution in [2.24, 2.45) is 18.0 Å². The van der Waals surface area contributed by atoms with Crippen molar-refractivity contribution in [1.29, 1.82) is 0 Å². The molecule has 218 valence electrons. The minimum Gasteiger partial charge on any atom is -0.353 e. The molecule has 1 aromatic carbocycles. The first kappa shape index (κ1) is 27.0. The Morgan fingerprint density at radius 3 is 2.51 bits per heavy atom. The lowest BCUT2D eigenvalue weighted by Gasteiger charge is -2.37. The van der Waals surface area contributed by atoms with Crippen molar-refractivity contribution in [3.8, 4) is 22.5 Å². The molecule has 0 bridgehead atoms. The van der Waals surface area contributed by atoms with Crippen LogP contribution in [0.15, 0.2) is 78.4 Å². The van der Waals surface area contributed by atoms with Gasteiger partial charge in [-0.05, 0) is 17.7 Å². The Hall–Kier alpha value is -4.90. The zero-order chi connectivity index (χ0) is 29.3. The number of pyridine rings is 1. The third-order valence-electron chi connectivity index (χ3n) is 8.49. The number of piperazine rings is 1. The van der Waals surface area contributed by atoms with Crippen LogP contribution in [-0.2, 0) is 11.8 Å². The maximum absolute atomic E-state index is 13.5. The van der Waals surface area contributed by atoms with Crippen LogP contribution in [0.2, 0.25) is 0 Å². The second kappa shape index (κ2) is 11.4. The molecule has 7 rings (SSSR count). The molecule has 4 aromatic heterocycles. The molecule has 2 fully saturated rings. The summed E-state index contributed by atoms with van der Waals surface area (Å²) in [6.07, 6.45) is 11.1. The zero-order valence-electron chi connectivity index (χ0n) is 24.3. The van der Waals surface area contributed by atoms with E-state index in [1.54, 1.807) is 30.3 Å². The molecule has 0 spiro atoms. The van der Waals surface area contributed by atoms with E-state index >= 15 is 0 Å². The predicted octanol–water partition coefficient (Wildman–Crippen LogP) is 2.89. The number of carbonyl (C=O) groups is 1. The highest BCUT2D eigenvalue weighted by molar-refractivity contribution is 5.95. The number of nitrogens with one attached hydrogen (secondary N) is 1. The quantitative estimate of drug-likeness (QED) is 0.311. The Kier molecular flexibility index (Phi) is 7.15. The van der Waals surface area contributed by atoms with Crippen molar-refractivity contribution in [2.75, 3.05) is 51.2 Å². The van der Waals surface area contributed by atoms with E-state index in [9.17, 15) is 4.79 Å². The number of hydrogen-bond acceptors (Lipinski definition) is 8. The van der Waals surface area contributed by atoms with Crippen LogP contribution in [0.1, 0.15) is 17.0 Å². The topological polar surface area (TPSA) is 109 Å². The number of aryl methyl sites for hydroxylation is 1. The number of amides is 1. The summed E-state index contributed by atoms with van der Waals surface area (Å²) in [6, 6.07) is 14.5. The highest BCUT2D eigenvalue weighted by Crippen LogP contribution is 2.31. The van der Waals surface area contributed by atoms with Crippen molar-refractivity contribution in [2.45, 2.75) is 5.92 Å². The van der Waals surface area contributed by atoms with Crippen LogP contribution in [0.25, 0.3) is 28.0 Å². The zero-order valence-corrected chi connectivity index (χ0v) is 24.3. The maximum Gasteiger partial charge on any atom is 0.227 e. The third kappa shape index (κ3) is 5.16. The van der Waals surface area contributed by atoms with Crippen molar-refractivity contribution >= 4 is 23.5 Å². The molecule has 2 aliphatic heterocycles. The van der Waals surface area contributed by atoms with Gasteiger partial charge in [-0.2, -0.15) is 10.2 Å². The monoisotopic (exact) mass is 574 g/mol. The fourth-order valence-electron chi connectivity index (χ4n) is 6.26. The van der Waals surface area contributed by atoms with Gasteiger partial charge in [-0.3, -0.25) is 14.5 Å². The summed E-state index contributed by atoms with van der Waals surface area (Å²) in [5, 5.41) is 12.3. The van der Waals surface area contributed by atoms with Gasteiger partial charge in [0.1, 0.15) is 11.3 Å². The average molecular weight is 575 g/mol. The van der Waals surface area contributed by atoms with E-state index in [2.05, 4.69) is 55.7 Å². The molecule has 11 heteroatoms. The molecule has 0 saturated carbocycles.